The van der Waals surface area contributed by atoms with Crippen molar-refractivity contribution < 1.29 is 0 Å². The maximum absolute atomic E-state index is 6.34. The highest BCUT2D eigenvalue weighted by Gasteiger charge is 2.26. The Balaban J connectivity index is 2.02. The molecule has 3 rings (SSSR count). The molecule has 1 aromatic carbocycles. The predicted molar refractivity (Wildman–Crippen MR) is 86.8 cm³/mol. The van der Waals surface area contributed by atoms with Gasteiger partial charge in [-0.1, -0.05) is 56.6 Å². The molecule has 0 N–H and O–H groups in total. The van der Waals surface area contributed by atoms with E-state index in [1.807, 2.05) is 6.92 Å². The van der Waals surface area contributed by atoms with Gasteiger partial charge in [0.15, 0.2) is 0 Å². The van der Waals surface area contributed by atoms with Gasteiger partial charge in [0.05, 0.1) is 0 Å². The maximum atomic E-state index is 6.34. The molecule has 0 saturated carbocycles. The van der Waals surface area contributed by atoms with Gasteiger partial charge in [-0.15, -0.1) is 0 Å². The molecule has 2 heterocycles. The van der Waals surface area contributed by atoms with Crippen LogP contribution in [0.15, 0.2) is 24.3 Å². The van der Waals surface area contributed by atoms with E-state index in [1.165, 1.54) is 11.1 Å². The lowest BCUT2D eigenvalue weighted by molar-refractivity contribution is 0.543. The zero-order valence-corrected chi connectivity index (χ0v) is 13.7. The number of fused-ring (bicyclic) bond motifs is 1. The molecule has 0 radical (unpaired) electrons. The summed E-state index contributed by atoms with van der Waals surface area (Å²) < 4.78 is 0. The summed E-state index contributed by atoms with van der Waals surface area (Å²) in [5.74, 6) is 1.75. The zero-order chi connectivity index (χ0) is 15.2. The van der Waals surface area contributed by atoms with Gasteiger partial charge in [0.2, 0.25) is 0 Å². The first kappa shape index (κ1) is 14.3. The third-order valence-electron chi connectivity index (χ3n) is 3.87. The monoisotopic (exact) mass is 301 g/mol. The molecule has 0 saturated heterocycles. The lowest BCUT2D eigenvalue weighted by atomic mass is 9.95. The van der Waals surface area contributed by atoms with Crippen molar-refractivity contribution >= 4 is 17.4 Å². The van der Waals surface area contributed by atoms with Gasteiger partial charge < -0.3 is 4.90 Å². The van der Waals surface area contributed by atoms with Gasteiger partial charge in [0.1, 0.15) is 16.8 Å². The lowest BCUT2D eigenvalue weighted by Crippen LogP contribution is -2.23. The normalized spacial score (nSPS) is 14.4. The molecule has 0 unspecified atom stereocenters. The summed E-state index contributed by atoms with van der Waals surface area (Å²) in [6.45, 7) is 10.1. The molecular formula is C17H20ClN3. The Morgan fingerprint density at radius 3 is 2.14 bits per heavy atom. The Morgan fingerprint density at radius 1 is 1.05 bits per heavy atom. The fraction of sp³-hybridized carbons (Fsp3) is 0.412. The molecule has 0 atom stereocenters. The summed E-state index contributed by atoms with van der Waals surface area (Å²) in [4.78, 5) is 11.5. The maximum Gasteiger partial charge on any atom is 0.137 e. The van der Waals surface area contributed by atoms with Gasteiger partial charge in [0, 0.05) is 24.1 Å². The Hall–Kier alpha value is -1.61. The molecule has 2 aromatic rings. The highest BCUT2D eigenvalue weighted by molar-refractivity contribution is 6.30. The topological polar surface area (TPSA) is 29.0 Å². The van der Waals surface area contributed by atoms with Crippen LogP contribution < -0.4 is 4.90 Å². The SMILES string of the molecule is Cc1c(Cl)nc(C(C)(C)C)nc1N1Cc2ccccc2C1. The third-order valence-corrected chi connectivity index (χ3v) is 4.24. The number of hydrogen-bond donors (Lipinski definition) is 0. The fourth-order valence-electron chi connectivity index (χ4n) is 2.60. The first-order valence-electron chi connectivity index (χ1n) is 7.22. The zero-order valence-electron chi connectivity index (χ0n) is 12.9. The molecule has 1 aromatic heterocycles. The summed E-state index contributed by atoms with van der Waals surface area (Å²) >= 11 is 6.34. The third kappa shape index (κ3) is 2.62. The molecule has 0 fully saturated rings. The molecule has 3 nitrogen and oxygen atoms in total. The van der Waals surface area contributed by atoms with Gasteiger partial charge in [-0.25, -0.2) is 9.97 Å². The fourth-order valence-corrected chi connectivity index (χ4v) is 2.77. The number of aromatic nitrogens is 2. The second-order valence-electron chi connectivity index (χ2n) is 6.66. The van der Waals surface area contributed by atoms with Gasteiger partial charge in [-0.05, 0) is 18.1 Å². The van der Waals surface area contributed by atoms with Crippen LogP contribution in [-0.2, 0) is 18.5 Å². The molecule has 0 amide bonds. The second-order valence-corrected chi connectivity index (χ2v) is 7.02. The highest BCUT2D eigenvalue weighted by atomic mass is 35.5. The molecular weight excluding hydrogens is 282 g/mol. The molecule has 0 bridgehead atoms. The van der Waals surface area contributed by atoms with Crippen LogP contribution in [0.1, 0.15) is 43.3 Å². The Kier molecular flexibility index (Phi) is 3.40. The summed E-state index contributed by atoms with van der Waals surface area (Å²) in [7, 11) is 0. The minimum absolute atomic E-state index is 0.112. The van der Waals surface area contributed by atoms with Crippen molar-refractivity contribution in [1.82, 2.24) is 9.97 Å². The second kappa shape index (κ2) is 4.99. The summed E-state index contributed by atoms with van der Waals surface area (Å²) in [6.07, 6.45) is 0. The number of rotatable bonds is 1. The number of anilines is 1. The number of benzene rings is 1. The quantitative estimate of drug-likeness (QED) is 0.737. The van der Waals surface area contributed by atoms with Gasteiger partial charge in [-0.3, -0.25) is 0 Å². The molecule has 21 heavy (non-hydrogen) atoms. The van der Waals surface area contributed by atoms with Crippen LogP contribution in [-0.4, -0.2) is 9.97 Å². The van der Waals surface area contributed by atoms with Crippen molar-refractivity contribution in [3.8, 4) is 0 Å². The molecule has 4 heteroatoms. The summed E-state index contributed by atoms with van der Waals surface area (Å²) in [5.41, 5.74) is 3.57. The van der Waals surface area contributed by atoms with Crippen molar-refractivity contribution in [1.29, 1.82) is 0 Å². The largest absolute Gasteiger partial charge is 0.348 e. The molecule has 110 valence electrons. The van der Waals surface area contributed by atoms with E-state index in [0.717, 1.165) is 30.3 Å². The first-order chi connectivity index (χ1) is 9.86. The van der Waals surface area contributed by atoms with E-state index in [1.54, 1.807) is 0 Å². The Bertz CT molecular complexity index is 664. The van der Waals surface area contributed by atoms with Crippen LogP contribution in [0.25, 0.3) is 0 Å². The van der Waals surface area contributed by atoms with Gasteiger partial charge in [-0.2, -0.15) is 0 Å². The average molecular weight is 302 g/mol. The standard InChI is InChI=1S/C17H20ClN3/c1-11-14(18)19-16(17(2,3)4)20-15(11)21-9-12-7-5-6-8-13(12)10-21/h5-8H,9-10H2,1-4H3. The summed E-state index contributed by atoms with van der Waals surface area (Å²) in [6, 6.07) is 8.53. The van der Waals surface area contributed by atoms with E-state index >= 15 is 0 Å². The Morgan fingerprint density at radius 2 is 1.62 bits per heavy atom. The van der Waals surface area contributed by atoms with Crippen molar-refractivity contribution in [3.05, 3.63) is 51.9 Å². The van der Waals surface area contributed by atoms with Crippen molar-refractivity contribution in [2.75, 3.05) is 4.90 Å². The number of hydrogen-bond acceptors (Lipinski definition) is 3. The van der Waals surface area contributed by atoms with Crippen molar-refractivity contribution in [2.24, 2.45) is 0 Å². The minimum atomic E-state index is -0.112. The van der Waals surface area contributed by atoms with E-state index in [0.29, 0.717) is 5.15 Å². The van der Waals surface area contributed by atoms with Gasteiger partial charge in [0.25, 0.3) is 0 Å². The van der Waals surface area contributed by atoms with Gasteiger partial charge >= 0.3 is 0 Å². The smallest absolute Gasteiger partial charge is 0.137 e. The molecule has 1 aliphatic rings. The van der Waals surface area contributed by atoms with Crippen LogP contribution >= 0.6 is 11.6 Å². The van der Waals surface area contributed by atoms with E-state index < -0.39 is 0 Å². The summed E-state index contributed by atoms with van der Waals surface area (Å²) in [5, 5.41) is 0.556. The van der Waals surface area contributed by atoms with Crippen LogP contribution in [0.2, 0.25) is 5.15 Å². The Labute approximate surface area is 131 Å². The van der Waals surface area contributed by atoms with Crippen LogP contribution in [0.5, 0.6) is 0 Å². The van der Waals surface area contributed by atoms with Crippen LogP contribution in [0.3, 0.4) is 0 Å². The minimum Gasteiger partial charge on any atom is -0.348 e. The van der Waals surface area contributed by atoms with Crippen LogP contribution in [0, 0.1) is 6.92 Å². The number of halogens is 1. The van der Waals surface area contributed by atoms with Crippen molar-refractivity contribution in [3.63, 3.8) is 0 Å². The van der Waals surface area contributed by atoms with E-state index in [-0.39, 0.29) is 5.41 Å². The molecule has 0 aliphatic carbocycles. The molecule has 1 aliphatic heterocycles. The first-order valence-corrected chi connectivity index (χ1v) is 7.60. The number of nitrogens with zero attached hydrogens (tertiary/aromatic N) is 3. The molecule has 0 spiro atoms. The highest BCUT2D eigenvalue weighted by Crippen LogP contribution is 2.33. The van der Waals surface area contributed by atoms with Crippen LogP contribution in [0.4, 0.5) is 5.82 Å². The lowest BCUT2D eigenvalue weighted by Gasteiger charge is -2.23. The van der Waals surface area contributed by atoms with E-state index in [2.05, 4.69) is 54.9 Å². The van der Waals surface area contributed by atoms with Crippen molar-refractivity contribution in [2.45, 2.75) is 46.2 Å². The van der Waals surface area contributed by atoms with E-state index in [4.69, 9.17) is 16.6 Å². The predicted octanol–water partition coefficient (Wildman–Crippen LogP) is 4.26. The average Bonchev–Trinajstić information content (AvgIpc) is 2.84. The van der Waals surface area contributed by atoms with E-state index in [9.17, 15) is 0 Å².